The second-order valence-corrected chi connectivity index (χ2v) is 7.74. The third-order valence-corrected chi connectivity index (χ3v) is 5.95. The van der Waals surface area contributed by atoms with Gasteiger partial charge >= 0.3 is 0 Å². The molecular formula is C21H26N4O. The van der Waals surface area contributed by atoms with Gasteiger partial charge in [0, 0.05) is 24.3 Å². The monoisotopic (exact) mass is 350 g/mol. The number of para-hydroxylation sites is 1. The van der Waals surface area contributed by atoms with E-state index >= 15 is 0 Å². The van der Waals surface area contributed by atoms with Crippen LogP contribution in [0.2, 0.25) is 0 Å². The molecule has 2 aliphatic heterocycles. The van der Waals surface area contributed by atoms with Gasteiger partial charge in [-0.3, -0.25) is 4.90 Å². The van der Waals surface area contributed by atoms with Gasteiger partial charge in [-0.05, 0) is 50.9 Å². The van der Waals surface area contributed by atoms with E-state index in [1.807, 2.05) is 12.1 Å². The van der Waals surface area contributed by atoms with Crippen LogP contribution in [0.1, 0.15) is 55.4 Å². The molecule has 2 aromatic heterocycles. The van der Waals surface area contributed by atoms with E-state index in [4.69, 9.17) is 4.42 Å². The summed E-state index contributed by atoms with van der Waals surface area (Å²) in [7, 11) is 0. The summed E-state index contributed by atoms with van der Waals surface area (Å²) in [5.74, 6) is 4.08. The molecule has 5 heteroatoms. The number of piperidine rings is 1. The summed E-state index contributed by atoms with van der Waals surface area (Å²) in [6.07, 6.45) is 7.27. The number of fused-ring (bicyclic) bond motifs is 2. The average Bonchev–Trinajstić information content (AvgIpc) is 3.18. The van der Waals surface area contributed by atoms with Gasteiger partial charge in [0.05, 0.1) is 6.54 Å². The fourth-order valence-corrected chi connectivity index (χ4v) is 4.49. The van der Waals surface area contributed by atoms with Crippen LogP contribution in [-0.4, -0.2) is 32.8 Å². The molecule has 26 heavy (non-hydrogen) atoms. The van der Waals surface area contributed by atoms with Crippen LogP contribution in [-0.2, 0) is 19.5 Å². The highest BCUT2D eigenvalue weighted by atomic mass is 16.3. The van der Waals surface area contributed by atoms with Crippen LogP contribution >= 0.6 is 0 Å². The molecule has 5 rings (SSSR count). The van der Waals surface area contributed by atoms with E-state index in [2.05, 4.69) is 37.9 Å². The number of likely N-dealkylation sites (tertiary alicyclic amines) is 1. The van der Waals surface area contributed by atoms with E-state index in [9.17, 15) is 0 Å². The molecule has 136 valence electrons. The lowest BCUT2D eigenvalue weighted by molar-refractivity contribution is 0.188. The molecule has 3 aromatic rings. The summed E-state index contributed by atoms with van der Waals surface area (Å²) in [4.78, 5) is 2.51. The van der Waals surface area contributed by atoms with E-state index in [0.29, 0.717) is 5.92 Å². The number of aryl methyl sites for hydroxylation is 1. The summed E-state index contributed by atoms with van der Waals surface area (Å²) in [6, 6.07) is 10.4. The summed E-state index contributed by atoms with van der Waals surface area (Å²) < 4.78 is 8.41. The smallest absolute Gasteiger partial charge is 0.136 e. The van der Waals surface area contributed by atoms with Crippen molar-refractivity contribution in [3.8, 4) is 0 Å². The van der Waals surface area contributed by atoms with Crippen molar-refractivity contribution in [2.45, 2.75) is 57.5 Å². The first-order valence-corrected chi connectivity index (χ1v) is 9.98. The zero-order chi connectivity index (χ0) is 17.3. The summed E-state index contributed by atoms with van der Waals surface area (Å²) in [5, 5.41) is 10.3. The van der Waals surface area contributed by atoms with Crippen molar-refractivity contribution in [3.63, 3.8) is 0 Å². The van der Waals surface area contributed by atoms with Gasteiger partial charge < -0.3 is 8.98 Å². The van der Waals surface area contributed by atoms with E-state index in [0.717, 1.165) is 43.9 Å². The molecular weight excluding hydrogens is 324 g/mol. The fourth-order valence-electron chi connectivity index (χ4n) is 4.49. The predicted molar refractivity (Wildman–Crippen MR) is 101 cm³/mol. The molecule has 2 aliphatic rings. The lowest BCUT2D eigenvalue weighted by Crippen LogP contribution is -2.33. The summed E-state index contributed by atoms with van der Waals surface area (Å²) in [5.41, 5.74) is 0.989. The van der Waals surface area contributed by atoms with Crippen LogP contribution in [0.25, 0.3) is 11.0 Å². The number of furan rings is 1. The SMILES string of the molecule is c1ccc2oc(CN3CCC(c4nnc5n4CCCCC5)CC3)cc2c1. The van der Waals surface area contributed by atoms with Crippen molar-refractivity contribution >= 4 is 11.0 Å². The van der Waals surface area contributed by atoms with Crippen LogP contribution in [0.3, 0.4) is 0 Å². The van der Waals surface area contributed by atoms with Crippen LogP contribution < -0.4 is 0 Å². The molecule has 5 nitrogen and oxygen atoms in total. The minimum absolute atomic E-state index is 0.557. The molecule has 0 bridgehead atoms. The van der Waals surface area contributed by atoms with Crippen LogP contribution in [0.4, 0.5) is 0 Å². The van der Waals surface area contributed by atoms with Gasteiger partial charge in [0.2, 0.25) is 0 Å². The highest BCUT2D eigenvalue weighted by Crippen LogP contribution is 2.30. The minimum Gasteiger partial charge on any atom is -0.460 e. The highest BCUT2D eigenvalue weighted by molar-refractivity contribution is 5.77. The predicted octanol–water partition coefficient (Wildman–Crippen LogP) is 4.13. The quantitative estimate of drug-likeness (QED) is 0.712. The van der Waals surface area contributed by atoms with Gasteiger partial charge in [-0.25, -0.2) is 0 Å². The van der Waals surface area contributed by atoms with E-state index in [-0.39, 0.29) is 0 Å². The second-order valence-electron chi connectivity index (χ2n) is 7.74. The van der Waals surface area contributed by atoms with E-state index < -0.39 is 0 Å². The van der Waals surface area contributed by atoms with Gasteiger partial charge in [-0.1, -0.05) is 24.6 Å². The van der Waals surface area contributed by atoms with Gasteiger partial charge in [0.15, 0.2) is 0 Å². The largest absolute Gasteiger partial charge is 0.460 e. The second kappa shape index (κ2) is 6.88. The summed E-state index contributed by atoms with van der Waals surface area (Å²) in [6.45, 7) is 4.21. The molecule has 0 N–H and O–H groups in total. The Morgan fingerprint density at radius 3 is 2.77 bits per heavy atom. The van der Waals surface area contributed by atoms with Crippen molar-refractivity contribution in [3.05, 3.63) is 47.7 Å². The zero-order valence-corrected chi connectivity index (χ0v) is 15.2. The van der Waals surface area contributed by atoms with Gasteiger partial charge in [0.25, 0.3) is 0 Å². The lowest BCUT2D eigenvalue weighted by Gasteiger charge is -2.31. The standard InChI is InChI=1S/C21H26N4O/c1-2-8-20-22-23-21(25(20)11-5-1)16-9-12-24(13-10-16)15-18-14-17-6-3-4-7-19(17)26-18/h3-4,6-7,14,16H,1-2,5,8-13,15H2. The Bertz CT molecular complexity index is 855. The molecule has 0 radical (unpaired) electrons. The van der Waals surface area contributed by atoms with Gasteiger partial charge in [-0.2, -0.15) is 0 Å². The lowest BCUT2D eigenvalue weighted by atomic mass is 9.95. The van der Waals surface area contributed by atoms with Crippen molar-refractivity contribution in [2.24, 2.45) is 0 Å². The number of hydrogen-bond acceptors (Lipinski definition) is 4. The minimum atomic E-state index is 0.557. The Kier molecular flexibility index (Phi) is 4.25. The Morgan fingerprint density at radius 2 is 1.88 bits per heavy atom. The van der Waals surface area contributed by atoms with Gasteiger partial charge in [-0.15, -0.1) is 10.2 Å². The van der Waals surface area contributed by atoms with Crippen molar-refractivity contribution in [1.82, 2.24) is 19.7 Å². The number of benzene rings is 1. The maximum atomic E-state index is 5.99. The first-order chi connectivity index (χ1) is 12.9. The normalized spacial score (nSPS) is 19.5. The highest BCUT2D eigenvalue weighted by Gasteiger charge is 2.27. The molecule has 4 heterocycles. The van der Waals surface area contributed by atoms with Crippen LogP contribution in [0.15, 0.2) is 34.7 Å². The number of aromatic nitrogens is 3. The first-order valence-electron chi connectivity index (χ1n) is 9.98. The zero-order valence-electron chi connectivity index (χ0n) is 15.2. The maximum absolute atomic E-state index is 5.99. The molecule has 0 amide bonds. The number of rotatable bonds is 3. The molecule has 1 fully saturated rings. The average molecular weight is 350 g/mol. The summed E-state index contributed by atoms with van der Waals surface area (Å²) >= 11 is 0. The molecule has 1 aromatic carbocycles. The Morgan fingerprint density at radius 1 is 1.00 bits per heavy atom. The van der Waals surface area contributed by atoms with Crippen molar-refractivity contribution in [2.75, 3.05) is 13.1 Å². The number of nitrogens with zero attached hydrogens (tertiary/aromatic N) is 4. The third-order valence-electron chi connectivity index (χ3n) is 5.95. The Hall–Kier alpha value is -2.14. The molecule has 0 atom stereocenters. The van der Waals surface area contributed by atoms with Crippen molar-refractivity contribution in [1.29, 1.82) is 0 Å². The Balaban J connectivity index is 1.24. The van der Waals surface area contributed by atoms with Crippen LogP contribution in [0, 0.1) is 0 Å². The molecule has 0 spiro atoms. The molecule has 0 aliphatic carbocycles. The first kappa shape index (κ1) is 16.1. The fraction of sp³-hybridized carbons (Fsp3) is 0.524. The molecule has 0 unspecified atom stereocenters. The third kappa shape index (κ3) is 3.05. The van der Waals surface area contributed by atoms with E-state index in [1.54, 1.807) is 0 Å². The van der Waals surface area contributed by atoms with Gasteiger partial charge in [0.1, 0.15) is 23.0 Å². The number of hydrogen-bond donors (Lipinski definition) is 0. The molecule has 0 saturated carbocycles. The van der Waals surface area contributed by atoms with E-state index in [1.165, 1.54) is 49.1 Å². The Labute approximate surface area is 154 Å². The van der Waals surface area contributed by atoms with Crippen molar-refractivity contribution < 1.29 is 4.42 Å². The topological polar surface area (TPSA) is 47.1 Å². The van der Waals surface area contributed by atoms with Crippen LogP contribution in [0.5, 0.6) is 0 Å². The maximum Gasteiger partial charge on any atom is 0.136 e. The molecule has 1 saturated heterocycles.